The van der Waals surface area contributed by atoms with E-state index >= 15 is 0 Å². The molecule has 1 aromatic carbocycles. The first kappa shape index (κ1) is 13.6. The molecule has 1 atom stereocenters. The zero-order valence-electron chi connectivity index (χ0n) is 10.1. The minimum Gasteiger partial charge on any atom is -0.481 e. The molecule has 0 saturated heterocycles. The Labute approximate surface area is 108 Å². The minimum atomic E-state index is -4.33. The van der Waals surface area contributed by atoms with Gasteiger partial charge in [0.05, 0.1) is 11.5 Å². The van der Waals surface area contributed by atoms with E-state index in [1.165, 1.54) is 12.1 Å². The third kappa shape index (κ3) is 3.16. The van der Waals surface area contributed by atoms with Gasteiger partial charge in [0, 0.05) is 0 Å². The minimum absolute atomic E-state index is 0.377. The lowest BCUT2D eigenvalue weighted by atomic mass is 9.86. The van der Waals surface area contributed by atoms with Crippen LogP contribution in [-0.4, -0.2) is 11.1 Å². The highest BCUT2D eigenvalue weighted by Crippen LogP contribution is 2.33. The Morgan fingerprint density at radius 2 is 1.84 bits per heavy atom. The van der Waals surface area contributed by atoms with Gasteiger partial charge in [-0.05, 0) is 42.5 Å². The van der Waals surface area contributed by atoms with Gasteiger partial charge in [0.25, 0.3) is 0 Å². The number of hydrogen-bond acceptors (Lipinski definition) is 1. The van der Waals surface area contributed by atoms with Crippen LogP contribution in [0.1, 0.15) is 30.4 Å². The first-order chi connectivity index (χ1) is 8.88. The van der Waals surface area contributed by atoms with Crippen LogP contribution in [0.2, 0.25) is 0 Å². The standard InChI is InChI=1S/C14H13F3O2/c15-14(16,17)12-7-5-10(6-8-12)9-1-3-11(4-2-9)13(18)19/h1,5-8,11H,2-4H2,(H,18,19). The van der Waals surface area contributed by atoms with Crippen molar-refractivity contribution in [3.8, 4) is 0 Å². The fourth-order valence-electron chi connectivity index (χ4n) is 2.19. The highest BCUT2D eigenvalue weighted by atomic mass is 19.4. The predicted octanol–water partition coefficient (Wildman–Crippen LogP) is 3.97. The Hall–Kier alpha value is -1.78. The molecule has 0 aliphatic heterocycles. The maximum Gasteiger partial charge on any atom is 0.416 e. The molecule has 1 N–H and O–H groups in total. The van der Waals surface area contributed by atoms with Gasteiger partial charge in [-0.25, -0.2) is 0 Å². The molecule has 102 valence electrons. The van der Waals surface area contributed by atoms with Gasteiger partial charge in [-0.2, -0.15) is 13.2 Å². The summed E-state index contributed by atoms with van der Waals surface area (Å²) in [4.78, 5) is 10.8. The molecule has 0 radical (unpaired) electrons. The number of rotatable bonds is 2. The Kier molecular flexibility index (Phi) is 3.64. The Morgan fingerprint density at radius 3 is 2.26 bits per heavy atom. The van der Waals surface area contributed by atoms with Crippen LogP contribution in [0.15, 0.2) is 30.3 Å². The van der Waals surface area contributed by atoms with E-state index < -0.39 is 17.7 Å². The van der Waals surface area contributed by atoms with Crippen LogP contribution in [0.3, 0.4) is 0 Å². The molecule has 0 aromatic heterocycles. The van der Waals surface area contributed by atoms with E-state index in [0.717, 1.165) is 23.3 Å². The summed E-state index contributed by atoms with van der Waals surface area (Å²) < 4.78 is 37.3. The molecule has 19 heavy (non-hydrogen) atoms. The number of alkyl halides is 3. The van der Waals surface area contributed by atoms with Gasteiger partial charge in [0.2, 0.25) is 0 Å². The first-order valence-corrected chi connectivity index (χ1v) is 5.97. The Balaban J connectivity index is 2.14. The summed E-state index contributed by atoms with van der Waals surface area (Å²) in [7, 11) is 0. The first-order valence-electron chi connectivity index (χ1n) is 5.97. The quantitative estimate of drug-likeness (QED) is 0.882. The summed E-state index contributed by atoms with van der Waals surface area (Å²) >= 11 is 0. The summed E-state index contributed by atoms with van der Waals surface area (Å²) in [6.07, 6.45) is -0.963. The molecule has 0 fully saturated rings. The number of aliphatic carboxylic acids is 1. The number of allylic oxidation sites excluding steroid dienone is 2. The second-order valence-electron chi connectivity index (χ2n) is 4.61. The number of benzene rings is 1. The lowest BCUT2D eigenvalue weighted by molar-refractivity contribution is -0.142. The maximum absolute atomic E-state index is 12.4. The van der Waals surface area contributed by atoms with E-state index in [2.05, 4.69) is 0 Å². The van der Waals surface area contributed by atoms with E-state index in [1.54, 1.807) is 0 Å². The SMILES string of the molecule is O=C(O)C1CC=C(c2ccc(C(F)(F)F)cc2)CC1. The lowest BCUT2D eigenvalue weighted by Gasteiger charge is -2.19. The van der Waals surface area contributed by atoms with E-state index in [-0.39, 0.29) is 5.92 Å². The molecule has 2 nitrogen and oxygen atoms in total. The summed E-state index contributed by atoms with van der Waals surface area (Å²) in [5, 5.41) is 8.87. The molecule has 0 bridgehead atoms. The van der Waals surface area contributed by atoms with Crippen LogP contribution in [-0.2, 0) is 11.0 Å². The van der Waals surface area contributed by atoms with Crippen molar-refractivity contribution in [2.75, 3.05) is 0 Å². The summed E-state index contributed by atoms with van der Waals surface area (Å²) in [5.74, 6) is -1.19. The van der Waals surface area contributed by atoms with Crippen LogP contribution in [0.5, 0.6) is 0 Å². The molecular weight excluding hydrogens is 257 g/mol. The summed E-state index contributed by atoms with van der Waals surface area (Å²) in [5.41, 5.74) is 0.985. The highest BCUT2D eigenvalue weighted by molar-refractivity contribution is 5.74. The van der Waals surface area contributed by atoms with Crippen molar-refractivity contribution < 1.29 is 23.1 Å². The van der Waals surface area contributed by atoms with Crippen molar-refractivity contribution in [3.05, 3.63) is 41.5 Å². The van der Waals surface area contributed by atoms with Crippen molar-refractivity contribution in [1.29, 1.82) is 0 Å². The van der Waals surface area contributed by atoms with Crippen molar-refractivity contribution in [2.45, 2.75) is 25.4 Å². The normalized spacial score (nSPS) is 19.9. The summed E-state index contributed by atoms with van der Waals surface area (Å²) in [6, 6.07) is 4.99. The topological polar surface area (TPSA) is 37.3 Å². The average molecular weight is 270 g/mol. The van der Waals surface area contributed by atoms with Crippen molar-refractivity contribution in [2.24, 2.45) is 5.92 Å². The van der Waals surface area contributed by atoms with Crippen LogP contribution in [0.4, 0.5) is 13.2 Å². The molecule has 1 aliphatic rings. The molecule has 0 saturated carbocycles. The molecule has 0 heterocycles. The Bertz CT molecular complexity index is 500. The van der Waals surface area contributed by atoms with Crippen molar-refractivity contribution in [1.82, 2.24) is 0 Å². The second kappa shape index (κ2) is 5.07. The van der Waals surface area contributed by atoms with Gasteiger partial charge < -0.3 is 5.11 Å². The number of carboxylic acids is 1. The molecule has 1 aliphatic carbocycles. The van der Waals surface area contributed by atoms with Gasteiger partial charge in [0.15, 0.2) is 0 Å². The van der Waals surface area contributed by atoms with E-state index in [4.69, 9.17) is 5.11 Å². The monoisotopic (exact) mass is 270 g/mol. The van der Waals surface area contributed by atoms with E-state index in [9.17, 15) is 18.0 Å². The smallest absolute Gasteiger partial charge is 0.416 e. The summed E-state index contributed by atoms with van der Waals surface area (Å²) in [6.45, 7) is 0. The van der Waals surface area contributed by atoms with Crippen LogP contribution in [0, 0.1) is 5.92 Å². The van der Waals surface area contributed by atoms with Gasteiger partial charge in [-0.3, -0.25) is 4.79 Å². The number of hydrogen-bond donors (Lipinski definition) is 1. The van der Waals surface area contributed by atoms with Gasteiger partial charge in [-0.1, -0.05) is 18.2 Å². The number of carbonyl (C=O) groups is 1. The molecule has 2 rings (SSSR count). The van der Waals surface area contributed by atoms with Crippen molar-refractivity contribution in [3.63, 3.8) is 0 Å². The molecule has 5 heteroatoms. The van der Waals surface area contributed by atoms with Gasteiger partial charge >= 0.3 is 12.1 Å². The molecule has 1 unspecified atom stereocenters. The maximum atomic E-state index is 12.4. The zero-order valence-corrected chi connectivity index (χ0v) is 10.1. The lowest BCUT2D eigenvalue weighted by Crippen LogP contribution is -2.15. The fourth-order valence-corrected chi connectivity index (χ4v) is 2.19. The number of halogens is 3. The predicted molar refractivity (Wildman–Crippen MR) is 64.4 cm³/mol. The van der Waals surface area contributed by atoms with Crippen LogP contribution in [0.25, 0.3) is 5.57 Å². The largest absolute Gasteiger partial charge is 0.481 e. The fraction of sp³-hybridized carbons (Fsp3) is 0.357. The highest BCUT2D eigenvalue weighted by Gasteiger charge is 2.30. The number of carboxylic acid groups (broad SMARTS) is 1. The van der Waals surface area contributed by atoms with Crippen LogP contribution < -0.4 is 0 Å². The third-order valence-electron chi connectivity index (χ3n) is 3.34. The van der Waals surface area contributed by atoms with Gasteiger partial charge in [-0.15, -0.1) is 0 Å². The molecule has 0 amide bonds. The van der Waals surface area contributed by atoms with Gasteiger partial charge in [0.1, 0.15) is 0 Å². The van der Waals surface area contributed by atoms with Crippen LogP contribution >= 0.6 is 0 Å². The van der Waals surface area contributed by atoms with E-state index in [1.807, 2.05) is 6.08 Å². The average Bonchev–Trinajstić information content (AvgIpc) is 2.38. The van der Waals surface area contributed by atoms with Crippen molar-refractivity contribution >= 4 is 11.5 Å². The molecular formula is C14H13F3O2. The zero-order chi connectivity index (χ0) is 14.0. The third-order valence-corrected chi connectivity index (χ3v) is 3.34. The molecule has 1 aromatic rings. The van der Waals surface area contributed by atoms with E-state index in [0.29, 0.717) is 19.3 Å². The molecule has 0 spiro atoms. The second-order valence-corrected chi connectivity index (χ2v) is 4.61. The Morgan fingerprint density at radius 1 is 1.21 bits per heavy atom.